The predicted molar refractivity (Wildman–Crippen MR) is 39.4 cm³/mol. The Labute approximate surface area is 59.5 Å². The molecule has 9 heavy (non-hydrogen) atoms. The van der Waals surface area contributed by atoms with Crippen molar-refractivity contribution >= 4 is 11.8 Å². The minimum absolute atomic E-state index is 0.529. The van der Waals surface area contributed by atoms with Crippen LogP contribution in [-0.4, -0.2) is 17.3 Å². The maximum Gasteiger partial charge on any atom is 0.130 e. The Morgan fingerprint density at radius 2 is 2.56 bits per heavy atom. The minimum atomic E-state index is 0.529. The summed E-state index contributed by atoms with van der Waals surface area (Å²) in [5.74, 6) is 1.90. The molecule has 0 bridgehead atoms. The zero-order valence-electron chi connectivity index (χ0n) is 5.25. The van der Waals surface area contributed by atoms with Crippen LogP contribution in [0.3, 0.4) is 0 Å². The summed E-state index contributed by atoms with van der Waals surface area (Å²) in [4.78, 5) is 0. The molecule has 2 aliphatic heterocycles. The van der Waals surface area contributed by atoms with E-state index in [9.17, 15) is 0 Å². The molecule has 0 saturated carbocycles. The normalized spacial score (nSPS) is 47.8. The number of rotatable bonds is 1. The third-order valence-corrected chi connectivity index (χ3v) is 3.12. The summed E-state index contributed by atoms with van der Waals surface area (Å²) in [6, 6.07) is 0. The fraction of sp³-hybridized carbons (Fsp3) is 0.714. The summed E-state index contributed by atoms with van der Waals surface area (Å²) in [5, 5.41) is 0. The first-order valence-electron chi connectivity index (χ1n) is 3.31. The third-order valence-electron chi connectivity index (χ3n) is 1.94. The van der Waals surface area contributed by atoms with Crippen LogP contribution in [0.25, 0.3) is 0 Å². The van der Waals surface area contributed by atoms with Crippen molar-refractivity contribution in [2.75, 3.05) is 5.75 Å². The van der Waals surface area contributed by atoms with Crippen molar-refractivity contribution in [1.82, 2.24) is 0 Å². The van der Waals surface area contributed by atoms with Crippen LogP contribution >= 0.6 is 11.8 Å². The Morgan fingerprint density at radius 1 is 1.67 bits per heavy atom. The number of hydrogen-bond donors (Lipinski definition) is 0. The molecule has 0 aromatic heterocycles. The van der Waals surface area contributed by atoms with E-state index in [0.29, 0.717) is 17.5 Å². The first-order chi connectivity index (χ1) is 4.42. The van der Waals surface area contributed by atoms with Gasteiger partial charge in [0.1, 0.15) is 11.5 Å². The molecule has 0 aliphatic carbocycles. The fourth-order valence-corrected chi connectivity index (χ4v) is 2.52. The van der Waals surface area contributed by atoms with Gasteiger partial charge < -0.3 is 4.74 Å². The lowest BCUT2D eigenvalue weighted by atomic mass is 10.0. The van der Waals surface area contributed by atoms with Gasteiger partial charge in [-0.15, -0.1) is 18.3 Å². The molecule has 2 fully saturated rings. The average molecular weight is 142 g/mol. The predicted octanol–water partition coefficient (Wildman–Crippen LogP) is 1.65. The number of fused-ring (bicyclic) bond motifs is 1. The first kappa shape index (κ1) is 5.81. The maximum atomic E-state index is 5.37. The first-order valence-corrected chi connectivity index (χ1v) is 4.36. The zero-order valence-corrected chi connectivity index (χ0v) is 6.06. The fourth-order valence-electron chi connectivity index (χ4n) is 1.28. The number of epoxide rings is 1. The molecule has 0 N–H and O–H groups in total. The summed E-state index contributed by atoms with van der Waals surface area (Å²) >= 11 is 1.94. The third kappa shape index (κ3) is 0.904. The van der Waals surface area contributed by atoms with Crippen LogP contribution in [0.1, 0.15) is 6.42 Å². The van der Waals surface area contributed by atoms with Crippen LogP contribution in [0.15, 0.2) is 12.7 Å². The van der Waals surface area contributed by atoms with Crippen molar-refractivity contribution in [2.24, 2.45) is 5.92 Å². The minimum Gasteiger partial charge on any atom is -0.357 e. The van der Waals surface area contributed by atoms with Gasteiger partial charge >= 0.3 is 0 Å². The highest BCUT2D eigenvalue weighted by molar-refractivity contribution is 8.00. The van der Waals surface area contributed by atoms with E-state index < -0.39 is 0 Å². The molecular weight excluding hydrogens is 132 g/mol. The van der Waals surface area contributed by atoms with E-state index in [0.717, 1.165) is 0 Å². The van der Waals surface area contributed by atoms with Crippen LogP contribution in [0.2, 0.25) is 0 Å². The van der Waals surface area contributed by atoms with Gasteiger partial charge in [-0.3, -0.25) is 0 Å². The summed E-state index contributed by atoms with van der Waals surface area (Å²) in [7, 11) is 0. The molecule has 0 aromatic carbocycles. The molecule has 50 valence electrons. The quantitative estimate of drug-likeness (QED) is 0.408. The second kappa shape index (κ2) is 2.03. The van der Waals surface area contributed by atoms with Gasteiger partial charge in [0.2, 0.25) is 0 Å². The lowest BCUT2D eigenvalue weighted by molar-refractivity contribution is 0.357. The standard InChI is InChI=1S/C7H10OS/c1-2-5-3-4-9-7-6(5)8-7/h2,5-7H,1,3-4H2. The molecule has 3 atom stereocenters. The largest absolute Gasteiger partial charge is 0.357 e. The van der Waals surface area contributed by atoms with Crippen molar-refractivity contribution in [3.63, 3.8) is 0 Å². The molecule has 0 radical (unpaired) electrons. The molecule has 2 heterocycles. The van der Waals surface area contributed by atoms with Gasteiger partial charge in [-0.2, -0.15) is 0 Å². The van der Waals surface area contributed by atoms with Crippen molar-refractivity contribution in [2.45, 2.75) is 18.0 Å². The summed E-state index contributed by atoms with van der Waals surface area (Å²) in [6.45, 7) is 3.77. The van der Waals surface area contributed by atoms with Crippen LogP contribution in [0.4, 0.5) is 0 Å². The Morgan fingerprint density at radius 3 is 3.22 bits per heavy atom. The summed E-state index contributed by atoms with van der Waals surface area (Å²) in [6.07, 6.45) is 3.82. The maximum absolute atomic E-state index is 5.37. The van der Waals surface area contributed by atoms with Crippen LogP contribution in [0, 0.1) is 5.92 Å². The van der Waals surface area contributed by atoms with E-state index in [1.807, 2.05) is 17.8 Å². The molecule has 0 amide bonds. The van der Waals surface area contributed by atoms with Gasteiger partial charge in [-0.1, -0.05) is 6.08 Å². The highest BCUT2D eigenvalue weighted by Gasteiger charge is 2.46. The van der Waals surface area contributed by atoms with Crippen molar-refractivity contribution in [3.05, 3.63) is 12.7 Å². The molecule has 0 spiro atoms. The number of thioether (sulfide) groups is 1. The van der Waals surface area contributed by atoms with Gasteiger partial charge in [0, 0.05) is 5.92 Å². The Kier molecular flexibility index (Phi) is 1.31. The van der Waals surface area contributed by atoms with Gasteiger partial charge in [-0.25, -0.2) is 0 Å². The van der Waals surface area contributed by atoms with Crippen molar-refractivity contribution in [1.29, 1.82) is 0 Å². The number of hydrogen-bond acceptors (Lipinski definition) is 2. The van der Waals surface area contributed by atoms with Crippen molar-refractivity contribution < 1.29 is 4.74 Å². The SMILES string of the molecule is C=CC1CCSC2OC12. The monoisotopic (exact) mass is 142 g/mol. The second-order valence-corrected chi connectivity index (χ2v) is 3.73. The van der Waals surface area contributed by atoms with Gasteiger partial charge in [0.05, 0.1) is 0 Å². The lowest BCUT2D eigenvalue weighted by Gasteiger charge is -2.11. The second-order valence-electron chi connectivity index (χ2n) is 2.53. The number of ether oxygens (including phenoxy) is 1. The molecule has 0 aromatic rings. The zero-order chi connectivity index (χ0) is 6.27. The summed E-state index contributed by atoms with van der Waals surface area (Å²) < 4.78 is 5.37. The Bertz CT molecular complexity index is 135. The molecule has 2 heteroatoms. The molecular formula is C7H10OS. The van der Waals surface area contributed by atoms with E-state index in [2.05, 4.69) is 6.58 Å². The van der Waals surface area contributed by atoms with Gasteiger partial charge in [0.15, 0.2) is 0 Å². The lowest BCUT2D eigenvalue weighted by Crippen LogP contribution is -2.12. The van der Waals surface area contributed by atoms with E-state index >= 15 is 0 Å². The van der Waals surface area contributed by atoms with Crippen molar-refractivity contribution in [3.8, 4) is 0 Å². The topological polar surface area (TPSA) is 12.5 Å². The Hall–Kier alpha value is 0.0500. The average Bonchev–Trinajstić information content (AvgIpc) is 2.64. The van der Waals surface area contributed by atoms with E-state index in [-0.39, 0.29) is 0 Å². The smallest absolute Gasteiger partial charge is 0.130 e. The highest BCUT2D eigenvalue weighted by Crippen LogP contribution is 2.44. The van der Waals surface area contributed by atoms with E-state index in [1.165, 1.54) is 12.2 Å². The van der Waals surface area contributed by atoms with Crippen LogP contribution in [-0.2, 0) is 4.74 Å². The molecule has 2 rings (SSSR count). The van der Waals surface area contributed by atoms with Crippen LogP contribution < -0.4 is 0 Å². The van der Waals surface area contributed by atoms with Gasteiger partial charge in [0.25, 0.3) is 0 Å². The molecule has 1 nitrogen and oxygen atoms in total. The van der Waals surface area contributed by atoms with Crippen LogP contribution in [0.5, 0.6) is 0 Å². The molecule has 2 saturated heterocycles. The molecule has 2 aliphatic rings. The van der Waals surface area contributed by atoms with E-state index in [1.54, 1.807) is 0 Å². The summed E-state index contributed by atoms with van der Waals surface area (Å²) in [5.41, 5.74) is 0.529. The molecule has 3 unspecified atom stereocenters. The van der Waals surface area contributed by atoms with Gasteiger partial charge in [-0.05, 0) is 12.2 Å². The highest BCUT2D eigenvalue weighted by atomic mass is 32.2. The van der Waals surface area contributed by atoms with E-state index in [4.69, 9.17) is 4.74 Å². The Balaban J connectivity index is 2.00.